The molecule has 0 atom stereocenters. The Morgan fingerprint density at radius 3 is 2.78 bits per heavy atom. The molecule has 2 rings (SSSR count). The van der Waals surface area contributed by atoms with Gasteiger partial charge in [-0.3, -0.25) is 0 Å². The minimum atomic E-state index is 0.722. The number of halogens is 1. The zero-order valence-corrected chi connectivity index (χ0v) is 11.8. The highest BCUT2D eigenvalue weighted by Gasteiger charge is 2.03. The van der Waals surface area contributed by atoms with Crippen LogP contribution in [0.2, 0.25) is 5.02 Å². The van der Waals surface area contributed by atoms with Gasteiger partial charge in [-0.1, -0.05) is 17.7 Å². The number of pyridine rings is 1. The van der Waals surface area contributed by atoms with Crippen molar-refractivity contribution in [3.8, 4) is 0 Å². The van der Waals surface area contributed by atoms with E-state index < -0.39 is 0 Å². The van der Waals surface area contributed by atoms with Crippen LogP contribution >= 0.6 is 11.6 Å². The van der Waals surface area contributed by atoms with Gasteiger partial charge in [-0.25, -0.2) is 4.98 Å². The molecule has 0 aliphatic rings. The lowest BCUT2D eigenvalue weighted by Crippen LogP contribution is -2.21. The van der Waals surface area contributed by atoms with Crippen LogP contribution in [0, 0.1) is 6.92 Å². The normalized spacial score (nSPS) is 11.2. The molecule has 0 fully saturated rings. The van der Waals surface area contributed by atoms with Crippen molar-refractivity contribution in [2.24, 2.45) is 0 Å². The molecule has 18 heavy (non-hydrogen) atoms. The number of likely N-dealkylation sites (N-methyl/N-ethyl adjacent to an activating group) is 1. The number of aryl methyl sites for hydroxylation is 1. The zero-order valence-electron chi connectivity index (χ0n) is 11.0. The molecule has 2 aromatic rings. The second-order valence-electron chi connectivity index (χ2n) is 4.72. The van der Waals surface area contributed by atoms with Gasteiger partial charge in [0, 0.05) is 23.5 Å². The monoisotopic (exact) mass is 263 g/mol. The average molecular weight is 264 g/mol. The largest absolute Gasteiger partial charge is 0.369 e. The summed E-state index contributed by atoms with van der Waals surface area (Å²) in [6.07, 6.45) is 0. The highest BCUT2D eigenvalue weighted by atomic mass is 35.5. The van der Waals surface area contributed by atoms with Crippen LogP contribution in [0.4, 0.5) is 5.82 Å². The average Bonchev–Trinajstić information content (AvgIpc) is 2.27. The number of hydrogen-bond acceptors (Lipinski definition) is 3. The van der Waals surface area contributed by atoms with E-state index in [1.807, 2.05) is 18.2 Å². The van der Waals surface area contributed by atoms with Gasteiger partial charge in [-0.05, 0) is 44.8 Å². The van der Waals surface area contributed by atoms with E-state index >= 15 is 0 Å². The lowest BCUT2D eigenvalue weighted by atomic mass is 10.1. The van der Waals surface area contributed by atoms with Crippen LogP contribution in [-0.2, 0) is 0 Å². The predicted molar refractivity (Wildman–Crippen MR) is 78.5 cm³/mol. The van der Waals surface area contributed by atoms with E-state index in [1.165, 1.54) is 5.56 Å². The maximum atomic E-state index is 6.00. The van der Waals surface area contributed by atoms with E-state index in [0.717, 1.165) is 34.8 Å². The highest BCUT2D eigenvalue weighted by Crippen LogP contribution is 2.23. The van der Waals surface area contributed by atoms with E-state index in [9.17, 15) is 0 Å². The van der Waals surface area contributed by atoms with E-state index in [4.69, 9.17) is 11.6 Å². The number of nitrogens with zero attached hydrogens (tertiary/aromatic N) is 2. The molecule has 0 unspecified atom stereocenters. The second-order valence-corrected chi connectivity index (χ2v) is 5.15. The Morgan fingerprint density at radius 2 is 2.06 bits per heavy atom. The van der Waals surface area contributed by atoms with Crippen molar-refractivity contribution in [2.75, 3.05) is 32.5 Å². The van der Waals surface area contributed by atoms with Gasteiger partial charge < -0.3 is 10.2 Å². The van der Waals surface area contributed by atoms with Crippen LogP contribution in [0.5, 0.6) is 0 Å². The van der Waals surface area contributed by atoms with Gasteiger partial charge in [0.25, 0.3) is 0 Å². The summed E-state index contributed by atoms with van der Waals surface area (Å²) in [5.74, 6) is 0.907. The number of aromatic nitrogens is 1. The molecule has 96 valence electrons. The van der Waals surface area contributed by atoms with Crippen LogP contribution in [0.15, 0.2) is 24.3 Å². The van der Waals surface area contributed by atoms with Crippen molar-refractivity contribution in [1.29, 1.82) is 0 Å². The molecule has 0 aliphatic heterocycles. The van der Waals surface area contributed by atoms with Crippen molar-refractivity contribution >= 4 is 28.3 Å². The Balaban J connectivity index is 2.24. The Kier molecular flexibility index (Phi) is 4.04. The zero-order chi connectivity index (χ0) is 13.1. The van der Waals surface area contributed by atoms with Crippen LogP contribution in [0.1, 0.15) is 5.56 Å². The quantitative estimate of drug-likeness (QED) is 0.918. The van der Waals surface area contributed by atoms with Crippen molar-refractivity contribution in [1.82, 2.24) is 9.88 Å². The Hall–Kier alpha value is -1.32. The van der Waals surface area contributed by atoms with Crippen LogP contribution in [-0.4, -0.2) is 37.1 Å². The summed E-state index contributed by atoms with van der Waals surface area (Å²) in [6.45, 7) is 3.95. The molecule has 1 aromatic heterocycles. The van der Waals surface area contributed by atoms with Gasteiger partial charge in [0.2, 0.25) is 0 Å². The predicted octanol–water partition coefficient (Wildman–Crippen LogP) is 3.17. The first-order chi connectivity index (χ1) is 8.56. The molecule has 0 saturated carbocycles. The van der Waals surface area contributed by atoms with Gasteiger partial charge in [-0.2, -0.15) is 0 Å². The smallest absolute Gasteiger partial charge is 0.126 e. The Bertz CT molecular complexity index is 552. The van der Waals surface area contributed by atoms with Crippen molar-refractivity contribution in [2.45, 2.75) is 6.92 Å². The Labute approximate surface area is 113 Å². The lowest BCUT2D eigenvalue weighted by Gasteiger charge is -2.12. The molecule has 0 radical (unpaired) electrons. The molecule has 0 aliphatic carbocycles. The fraction of sp³-hybridized carbons (Fsp3) is 0.357. The number of benzene rings is 1. The van der Waals surface area contributed by atoms with Crippen LogP contribution < -0.4 is 5.32 Å². The van der Waals surface area contributed by atoms with Gasteiger partial charge in [0.15, 0.2) is 0 Å². The van der Waals surface area contributed by atoms with Gasteiger partial charge in [-0.15, -0.1) is 0 Å². The third kappa shape index (κ3) is 3.12. The summed E-state index contributed by atoms with van der Waals surface area (Å²) < 4.78 is 0. The molecule has 3 nitrogen and oxygen atoms in total. The van der Waals surface area contributed by atoms with Crippen molar-refractivity contribution < 1.29 is 0 Å². The molecular weight excluding hydrogens is 246 g/mol. The summed E-state index contributed by atoms with van der Waals surface area (Å²) in [5, 5.41) is 5.21. The summed E-state index contributed by atoms with van der Waals surface area (Å²) in [7, 11) is 4.11. The molecule has 0 saturated heterocycles. The molecule has 1 aromatic carbocycles. The minimum Gasteiger partial charge on any atom is -0.369 e. The minimum absolute atomic E-state index is 0.722. The molecule has 0 spiro atoms. The summed E-state index contributed by atoms with van der Waals surface area (Å²) in [5.41, 5.74) is 2.15. The summed E-state index contributed by atoms with van der Waals surface area (Å²) >= 11 is 6.00. The first-order valence-corrected chi connectivity index (χ1v) is 6.39. The standard InChI is InChI=1S/C14H18ClN3/c1-10-8-14(16-6-7-18(2)3)17-13-9-11(15)4-5-12(10)13/h4-5,8-9H,6-7H2,1-3H3,(H,16,17). The number of hydrogen-bond donors (Lipinski definition) is 1. The number of fused-ring (bicyclic) bond motifs is 1. The molecule has 4 heteroatoms. The Morgan fingerprint density at radius 1 is 1.28 bits per heavy atom. The molecular formula is C14H18ClN3. The topological polar surface area (TPSA) is 28.2 Å². The number of rotatable bonds is 4. The molecule has 0 amide bonds. The highest BCUT2D eigenvalue weighted by molar-refractivity contribution is 6.31. The van der Waals surface area contributed by atoms with Crippen LogP contribution in [0.25, 0.3) is 10.9 Å². The van der Waals surface area contributed by atoms with Gasteiger partial charge in [0.1, 0.15) is 5.82 Å². The molecule has 1 N–H and O–H groups in total. The number of anilines is 1. The fourth-order valence-corrected chi connectivity index (χ4v) is 2.04. The van der Waals surface area contributed by atoms with Crippen LogP contribution in [0.3, 0.4) is 0 Å². The number of nitrogens with one attached hydrogen (secondary N) is 1. The van der Waals surface area contributed by atoms with Crippen molar-refractivity contribution in [3.63, 3.8) is 0 Å². The SMILES string of the molecule is Cc1cc(NCCN(C)C)nc2cc(Cl)ccc12. The third-order valence-electron chi connectivity index (χ3n) is 2.84. The maximum absolute atomic E-state index is 6.00. The summed E-state index contributed by atoms with van der Waals surface area (Å²) in [4.78, 5) is 6.72. The van der Waals surface area contributed by atoms with Gasteiger partial charge >= 0.3 is 0 Å². The first-order valence-electron chi connectivity index (χ1n) is 6.02. The third-order valence-corrected chi connectivity index (χ3v) is 3.08. The van der Waals surface area contributed by atoms with E-state index in [1.54, 1.807) is 0 Å². The lowest BCUT2D eigenvalue weighted by molar-refractivity contribution is 0.425. The van der Waals surface area contributed by atoms with Gasteiger partial charge in [0.05, 0.1) is 5.52 Å². The first kappa shape index (κ1) is 13.1. The second kappa shape index (κ2) is 5.55. The van der Waals surface area contributed by atoms with E-state index in [-0.39, 0.29) is 0 Å². The summed E-state index contributed by atoms with van der Waals surface area (Å²) in [6, 6.07) is 7.90. The van der Waals surface area contributed by atoms with Crippen molar-refractivity contribution in [3.05, 3.63) is 34.9 Å². The van der Waals surface area contributed by atoms with E-state index in [0.29, 0.717) is 0 Å². The molecule has 0 bridgehead atoms. The maximum Gasteiger partial charge on any atom is 0.126 e. The molecule has 1 heterocycles. The van der Waals surface area contributed by atoms with E-state index in [2.05, 4.69) is 42.3 Å². The fourth-order valence-electron chi connectivity index (χ4n) is 1.87.